The highest BCUT2D eigenvalue weighted by Crippen LogP contribution is 2.33. The molecule has 0 spiro atoms. The fourth-order valence-corrected chi connectivity index (χ4v) is 2.98. The van der Waals surface area contributed by atoms with Crippen LogP contribution < -0.4 is 5.32 Å². The zero-order valence-corrected chi connectivity index (χ0v) is 12.1. The van der Waals surface area contributed by atoms with E-state index in [9.17, 15) is 0 Å². The van der Waals surface area contributed by atoms with E-state index in [1.54, 1.807) is 4.68 Å². The molecule has 1 fully saturated rings. The molecule has 1 aromatic rings. The van der Waals surface area contributed by atoms with Gasteiger partial charge in [0.2, 0.25) is 0 Å². The molecule has 0 aliphatic heterocycles. The van der Waals surface area contributed by atoms with Crippen molar-refractivity contribution < 1.29 is 5.11 Å². The molecule has 19 heavy (non-hydrogen) atoms. The fraction of sp³-hybridized carbons (Fsp3) is 0.786. The summed E-state index contributed by atoms with van der Waals surface area (Å²) in [6.45, 7) is 2.59. The standard InChI is InChI=1S/C14H26N4O/c1-17(2)14(5-3-4-6-14)12-15-9-13-10-16-18(11-13)7-8-19/h10-11,15,19H,3-9,12H2,1-2H3. The summed E-state index contributed by atoms with van der Waals surface area (Å²) < 4.78 is 1.79. The molecule has 0 unspecified atom stereocenters. The summed E-state index contributed by atoms with van der Waals surface area (Å²) in [5.41, 5.74) is 1.52. The largest absolute Gasteiger partial charge is 0.394 e. The van der Waals surface area contributed by atoms with Crippen LogP contribution in [0.3, 0.4) is 0 Å². The number of nitrogens with one attached hydrogen (secondary N) is 1. The van der Waals surface area contributed by atoms with Gasteiger partial charge in [0, 0.05) is 30.4 Å². The highest BCUT2D eigenvalue weighted by molar-refractivity contribution is 5.04. The fourth-order valence-electron chi connectivity index (χ4n) is 2.98. The van der Waals surface area contributed by atoms with E-state index in [4.69, 9.17) is 5.11 Å². The number of hydrogen-bond donors (Lipinski definition) is 2. The summed E-state index contributed by atoms with van der Waals surface area (Å²) in [4.78, 5) is 2.38. The number of nitrogens with zero attached hydrogens (tertiary/aromatic N) is 3. The Bertz CT molecular complexity index is 383. The lowest BCUT2D eigenvalue weighted by molar-refractivity contribution is 0.153. The van der Waals surface area contributed by atoms with Gasteiger partial charge in [-0.1, -0.05) is 12.8 Å². The third kappa shape index (κ3) is 3.55. The molecule has 1 aliphatic rings. The summed E-state index contributed by atoms with van der Waals surface area (Å²) >= 11 is 0. The molecule has 0 amide bonds. The molecule has 108 valence electrons. The van der Waals surface area contributed by atoms with E-state index in [1.165, 1.54) is 31.2 Å². The quantitative estimate of drug-likeness (QED) is 0.768. The molecule has 0 radical (unpaired) electrons. The molecule has 1 aromatic heterocycles. The Morgan fingerprint density at radius 3 is 2.79 bits per heavy atom. The average molecular weight is 266 g/mol. The summed E-state index contributed by atoms with van der Waals surface area (Å²) in [6.07, 6.45) is 9.13. The van der Waals surface area contributed by atoms with Crippen LogP contribution >= 0.6 is 0 Å². The molecule has 0 saturated heterocycles. The van der Waals surface area contributed by atoms with E-state index < -0.39 is 0 Å². The first-order chi connectivity index (χ1) is 9.16. The van der Waals surface area contributed by atoms with Crippen molar-refractivity contribution in [3.63, 3.8) is 0 Å². The monoisotopic (exact) mass is 266 g/mol. The zero-order valence-electron chi connectivity index (χ0n) is 12.1. The number of aliphatic hydroxyl groups excluding tert-OH is 1. The number of hydrogen-bond acceptors (Lipinski definition) is 4. The van der Waals surface area contributed by atoms with Crippen LogP contribution in [0, 0.1) is 0 Å². The highest BCUT2D eigenvalue weighted by atomic mass is 16.3. The molecule has 0 atom stereocenters. The maximum absolute atomic E-state index is 8.86. The van der Waals surface area contributed by atoms with Crippen LogP contribution in [0.2, 0.25) is 0 Å². The molecule has 0 bridgehead atoms. The Morgan fingerprint density at radius 1 is 1.42 bits per heavy atom. The smallest absolute Gasteiger partial charge is 0.0640 e. The minimum atomic E-state index is 0.137. The van der Waals surface area contributed by atoms with Gasteiger partial charge in [-0.15, -0.1) is 0 Å². The molecule has 1 heterocycles. The second-order valence-corrected chi connectivity index (χ2v) is 5.76. The van der Waals surface area contributed by atoms with Gasteiger partial charge in [-0.25, -0.2) is 0 Å². The zero-order chi connectivity index (χ0) is 13.7. The number of likely N-dealkylation sites (N-methyl/N-ethyl adjacent to an activating group) is 1. The van der Waals surface area contributed by atoms with Gasteiger partial charge in [0.1, 0.15) is 0 Å². The second kappa shape index (κ2) is 6.50. The van der Waals surface area contributed by atoms with Crippen LogP contribution in [0.5, 0.6) is 0 Å². The van der Waals surface area contributed by atoms with Crippen LogP contribution in [0.25, 0.3) is 0 Å². The van der Waals surface area contributed by atoms with Crippen LogP contribution in [-0.4, -0.2) is 52.6 Å². The van der Waals surface area contributed by atoms with Gasteiger partial charge < -0.3 is 15.3 Å². The summed E-state index contributed by atoms with van der Waals surface area (Å²) in [7, 11) is 4.37. The Kier molecular flexibility index (Phi) is 4.96. The van der Waals surface area contributed by atoms with Gasteiger partial charge in [-0.2, -0.15) is 5.10 Å². The van der Waals surface area contributed by atoms with E-state index in [1.807, 2.05) is 12.4 Å². The average Bonchev–Trinajstić information content (AvgIpc) is 3.00. The Balaban J connectivity index is 1.81. The van der Waals surface area contributed by atoms with Crippen molar-refractivity contribution in [1.82, 2.24) is 20.0 Å². The topological polar surface area (TPSA) is 53.3 Å². The van der Waals surface area contributed by atoms with Crippen LogP contribution in [-0.2, 0) is 13.1 Å². The molecular formula is C14H26N4O. The molecule has 2 N–H and O–H groups in total. The molecule has 0 aromatic carbocycles. The Labute approximate surface area is 115 Å². The molecule has 2 rings (SSSR count). The Morgan fingerprint density at radius 2 is 2.16 bits per heavy atom. The highest BCUT2D eigenvalue weighted by Gasteiger charge is 2.35. The van der Waals surface area contributed by atoms with Gasteiger partial charge in [0.15, 0.2) is 0 Å². The maximum atomic E-state index is 8.86. The first kappa shape index (κ1) is 14.5. The van der Waals surface area contributed by atoms with Gasteiger partial charge in [-0.05, 0) is 26.9 Å². The van der Waals surface area contributed by atoms with E-state index >= 15 is 0 Å². The van der Waals surface area contributed by atoms with Gasteiger partial charge in [0.05, 0.1) is 19.3 Å². The van der Waals surface area contributed by atoms with Crippen molar-refractivity contribution in [1.29, 1.82) is 0 Å². The summed E-state index contributed by atoms with van der Waals surface area (Å²) in [5, 5.41) is 16.6. The van der Waals surface area contributed by atoms with E-state index in [2.05, 4.69) is 29.4 Å². The van der Waals surface area contributed by atoms with Crippen molar-refractivity contribution in [2.45, 2.75) is 44.3 Å². The van der Waals surface area contributed by atoms with Gasteiger partial charge in [-0.3, -0.25) is 4.68 Å². The van der Waals surface area contributed by atoms with E-state index in [0.717, 1.165) is 13.1 Å². The lowest BCUT2D eigenvalue weighted by Gasteiger charge is -2.36. The van der Waals surface area contributed by atoms with Crippen LogP contribution in [0.1, 0.15) is 31.2 Å². The van der Waals surface area contributed by atoms with Crippen molar-refractivity contribution in [3.8, 4) is 0 Å². The van der Waals surface area contributed by atoms with Crippen LogP contribution in [0.4, 0.5) is 0 Å². The van der Waals surface area contributed by atoms with E-state index in [0.29, 0.717) is 12.1 Å². The van der Waals surface area contributed by atoms with E-state index in [-0.39, 0.29) is 6.61 Å². The van der Waals surface area contributed by atoms with Crippen molar-refractivity contribution >= 4 is 0 Å². The lowest BCUT2D eigenvalue weighted by Crippen LogP contribution is -2.49. The third-order valence-electron chi connectivity index (χ3n) is 4.28. The lowest BCUT2D eigenvalue weighted by atomic mass is 9.96. The van der Waals surface area contributed by atoms with Gasteiger partial charge in [0.25, 0.3) is 0 Å². The minimum absolute atomic E-state index is 0.137. The predicted molar refractivity (Wildman–Crippen MR) is 75.9 cm³/mol. The second-order valence-electron chi connectivity index (χ2n) is 5.76. The number of aromatic nitrogens is 2. The predicted octanol–water partition coefficient (Wildman–Crippen LogP) is 0.839. The molecule has 5 heteroatoms. The number of aliphatic hydroxyl groups is 1. The van der Waals surface area contributed by atoms with Crippen molar-refractivity contribution in [3.05, 3.63) is 18.0 Å². The van der Waals surface area contributed by atoms with Gasteiger partial charge >= 0.3 is 0 Å². The molecule has 5 nitrogen and oxygen atoms in total. The first-order valence-electron chi connectivity index (χ1n) is 7.17. The summed E-state index contributed by atoms with van der Waals surface area (Å²) in [5.74, 6) is 0. The normalized spacial score (nSPS) is 18.3. The SMILES string of the molecule is CN(C)C1(CNCc2cnn(CCO)c2)CCCC1. The molecule has 1 aliphatic carbocycles. The minimum Gasteiger partial charge on any atom is -0.394 e. The molecule has 1 saturated carbocycles. The van der Waals surface area contributed by atoms with Crippen molar-refractivity contribution in [2.75, 3.05) is 27.2 Å². The van der Waals surface area contributed by atoms with Crippen molar-refractivity contribution in [2.24, 2.45) is 0 Å². The maximum Gasteiger partial charge on any atom is 0.0640 e. The third-order valence-corrected chi connectivity index (χ3v) is 4.28. The Hall–Kier alpha value is -0.910. The molecular weight excluding hydrogens is 240 g/mol. The first-order valence-corrected chi connectivity index (χ1v) is 7.17. The summed E-state index contributed by atoms with van der Waals surface area (Å²) in [6, 6.07) is 0. The number of rotatable bonds is 7. The van der Waals surface area contributed by atoms with Crippen LogP contribution in [0.15, 0.2) is 12.4 Å².